The Morgan fingerprint density at radius 2 is 1.81 bits per heavy atom. The number of nitrogens with one attached hydrogen (secondary N) is 1. The van der Waals surface area contributed by atoms with E-state index in [2.05, 4.69) is 11.9 Å². The van der Waals surface area contributed by atoms with Crippen LogP contribution in [0.4, 0.5) is 0 Å². The lowest BCUT2D eigenvalue weighted by Gasteiger charge is -2.25. The van der Waals surface area contributed by atoms with Crippen molar-refractivity contribution in [2.24, 2.45) is 0 Å². The topological polar surface area (TPSA) is 67.8 Å². The molecule has 0 spiro atoms. The van der Waals surface area contributed by atoms with E-state index in [0.717, 1.165) is 17.5 Å². The summed E-state index contributed by atoms with van der Waals surface area (Å²) in [6.45, 7) is 4.71. The molecule has 0 fully saturated rings. The van der Waals surface area contributed by atoms with Crippen LogP contribution < -0.4 is 14.8 Å². The van der Waals surface area contributed by atoms with E-state index in [-0.39, 0.29) is 17.6 Å². The van der Waals surface area contributed by atoms with Gasteiger partial charge in [0.15, 0.2) is 0 Å². The van der Waals surface area contributed by atoms with Gasteiger partial charge in [0.25, 0.3) is 5.91 Å². The predicted octanol–water partition coefficient (Wildman–Crippen LogP) is 6.04. The zero-order valence-corrected chi connectivity index (χ0v) is 18.3. The summed E-state index contributed by atoms with van der Waals surface area (Å²) in [5.74, 6) is 1.80. The fourth-order valence-electron chi connectivity index (χ4n) is 3.66. The number of hydrogen-bond acceptors (Lipinski definition) is 4. The van der Waals surface area contributed by atoms with Crippen LogP contribution in [0, 0.1) is 0 Å². The van der Waals surface area contributed by atoms with Crippen LogP contribution in [0.1, 0.15) is 33.8 Å². The molecule has 1 amide bonds. The lowest BCUT2D eigenvalue weighted by molar-refractivity contribution is 0.0954. The molecule has 164 valence electrons. The molecule has 1 heterocycles. The van der Waals surface area contributed by atoms with Crippen molar-refractivity contribution in [1.82, 2.24) is 5.32 Å². The number of carbonyl (C=O) groups is 1. The monoisotopic (exact) mass is 449 g/mol. The SMILES string of the molecule is C=C(O)C1CCOc2cc(Oc3ccc(C(=O)NCCc4ccc(Cl)cc4)cc3)ccc21. The second-order valence-corrected chi connectivity index (χ2v) is 8.08. The summed E-state index contributed by atoms with van der Waals surface area (Å²) < 4.78 is 11.6. The first kappa shape index (κ1) is 21.8. The van der Waals surface area contributed by atoms with E-state index in [9.17, 15) is 9.90 Å². The lowest BCUT2D eigenvalue weighted by atomic mass is 9.92. The van der Waals surface area contributed by atoms with Gasteiger partial charge < -0.3 is 19.9 Å². The average Bonchev–Trinajstić information content (AvgIpc) is 2.80. The molecule has 1 unspecified atom stereocenters. The number of rotatable bonds is 7. The van der Waals surface area contributed by atoms with Crippen molar-refractivity contribution in [3.63, 3.8) is 0 Å². The zero-order chi connectivity index (χ0) is 22.5. The second-order valence-electron chi connectivity index (χ2n) is 7.64. The van der Waals surface area contributed by atoms with Crippen LogP contribution in [0.3, 0.4) is 0 Å². The third-order valence-electron chi connectivity index (χ3n) is 5.39. The highest BCUT2D eigenvalue weighted by molar-refractivity contribution is 6.30. The van der Waals surface area contributed by atoms with Gasteiger partial charge in [-0.1, -0.05) is 36.4 Å². The van der Waals surface area contributed by atoms with E-state index >= 15 is 0 Å². The number of ether oxygens (including phenoxy) is 2. The normalized spacial score (nSPS) is 14.7. The summed E-state index contributed by atoms with van der Waals surface area (Å²) in [6.07, 6.45) is 1.43. The maximum atomic E-state index is 12.4. The Kier molecular flexibility index (Phi) is 6.66. The van der Waals surface area contributed by atoms with Gasteiger partial charge in [-0.3, -0.25) is 4.79 Å². The standard InChI is InChI=1S/C26H24ClNO4/c1-17(29)23-13-15-31-25-16-22(10-11-24(23)25)32-21-8-4-19(5-9-21)26(30)28-14-12-18-2-6-20(27)7-3-18/h2-11,16,23,29H,1,12-15H2,(H,28,30). The minimum Gasteiger partial charge on any atom is -0.512 e. The third kappa shape index (κ3) is 5.24. The van der Waals surface area contributed by atoms with Crippen molar-refractivity contribution >= 4 is 17.5 Å². The number of aliphatic hydroxyl groups excluding tert-OH is 1. The Labute approximate surface area is 192 Å². The highest BCUT2D eigenvalue weighted by atomic mass is 35.5. The van der Waals surface area contributed by atoms with Gasteiger partial charge in [0.1, 0.15) is 17.2 Å². The van der Waals surface area contributed by atoms with Gasteiger partial charge in [-0.05, 0) is 60.9 Å². The van der Waals surface area contributed by atoms with Crippen molar-refractivity contribution in [3.05, 3.63) is 101 Å². The van der Waals surface area contributed by atoms with Crippen LogP contribution in [0.2, 0.25) is 5.02 Å². The fourth-order valence-corrected chi connectivity index (χ4v) is 3.79. The van der Waals surface area contributed by atoms with E-state index in [1.54, 1.807) is 24.3 Å². The molecule has 4 rings (SSSR count). The number of carbonyl (C=O) groups excluding carboxylic acids is 1. The molecule has 6 heteroatoms. The quantitative estimate of drug-likeness (QED) is 0.431. The first-order valence-corrected chi connectivity index (χ1v) is 10.8. The lowest BCUT2D eigenvalue weighted by Crippen LogP contribution is -2.25. The van der Waals surface area contributed by atoms with Crippen LogP contribution in [0.5, 0.6) is 17.2 Å². The smallest absolute Gasteiger partial charge is 0.251 e. The first-order chi connectivity index (χ1) is 15.5. The minimum absolute atomic E-state index is 0.120. The van der Waals surface area contributed by atoms with Crippen LogP contribution in [-0.2, 0) is 6.42 Å². The summed E-state index contributed by atoms with van der Waals surface area (Å²) in [5.41, 5.74) is 2.58. The molecule has 0 aromatic heterocycles. The molecule has 32 heavy (non-hydrogen) atoms. The van der Waals surface area contributed by atoms with Crippen molar-refractivity contribution in [2.75, 3.05) is 13.2 Å². The van der Waals surface area contributed by atoms with E-state index in [1.165, 1.54) is 0 Å². The summed E-state index contributed by atoms with van der Waals surface area (Å²) >= 11 is 5.89. The molecule has 1 aliphatic heterocycles. The third-order valence-corrected chi connectivity index (χ3v) is 5.64. The van der Waals surface area contributed by atoms with Gasteiger partial charge in [-0.2, -0.15) is 0 Å². The fraction of sp³-hybridized carbons (Fsp3) is 0.192. The van der Waals surface area contributed by atoms with Crippen molar-refractivity contribution in [2.45, 2.75) is 18.8 Å². The number of aliphatic hydroxyl groups is 1. The molecule has 2 N–H and O–H groups in total. The predicted molar refractivity (Wildman–Crippen MR) is 125 cm³/mol. The Morgan fingerprint density at radius 1 is 1.09 bits per heavy atom. The summed E-state index contributed by atoms with van der Waals surface area (Å²) in [7, 11) is 0. The summed E-state index contributed by atoms with van der Waals surface area (Å²) in [5, 5.41) is 13.4. The minimum atomic E-state index is -0.136. The summed E-state index contributed by atoms with van der Waals surface area (Å²) in [4.78, 5) is 12.4. The number of amides is 1. The Hall–Kier alpha value is -3.44. The molecule has 5 nitrogen and oxygen atoms in total. The molecule has 0 bridgehead atoms. The van der Waals surface area contributed by atoms with E-state index < -0.39 is 0 Å². The van der Waals surface area contributed by atoms with Gasteiger partial charge in [0.05, 0.1) is 12.4 Å². The molecule has 0 aliphatic carbocycles. The van der Waals surface area contributed by atoms with Gasteiger partial charge in [0, 0.05) is 34.7 Å². The number of benzene rings is 3. The molecule has 1 atom stereocenters. The van der Waals surface area contributed by atoms with Crippen molar-refractivity contribution in [1.29, 1.82) is 0 Å². The van der Waals surface area contributed by atoms with Gasteiger partial charge in [0.2, 0.25) is 0 Å². The second kappa shape index (κ2) is 9.79. The number of fused-ring (bicyclic) bond motifs is 1. The molecular formula is C26H24ClNO4. The van der Waals surface area contributed by atoms with Gasteiger partial charge >= 0.3 is 0 Å². The van der Waals surface area contributed by atoms with Crippen LogP contribution in [0.25, 0.3) is 0 Å². The Morgan fingerprint density at radius 3 is 2.53 bits per heavy atom. The Bertz CT molecular complexity index is 1110. The molecule has 3 aromatic rings. The van der Waals surface area contributed by atoms with Crippen molar-refractivity contribution in [3.8, 4) is 17.2 Å². The highest BCUT2D eigenvalue weighted by Gasteiger charge is 2.24. The number of halogens is 1. The van der Waals surface area contributed by atoms with Crippen molar-refractivity contribution < 1.29 is 19.4 Å². The molecule has 0 radical (unpaired) electrons. The number of allylic oxidation sites excluding steroid dienone is 1. The van der Waals surface area contributed by atoms with Crippen LogP contribution in [-0.4, -0.2) is 24.2 Å². The maximum Gasteiger partial charge on any atom is 0.251 e. The van der Waals surface area contributed by atoms with Gasteiger partial charge in [-0.15, -0.1) is 0 Å². The summed E-state index contributed by atoms with van der Waals surface area (Å²) in [6, 6.07) is 20.1. The zero-order valence-electron chi connectivity index (χ0n) is 17.5. The number of hydrogen-bond donors (Lipinski definition) is 2. The maximum absolute atomic E-state index is 12.4. The van der Waals surface area contributed by atoms with E-state index in [1.807, 2.05) is 42.5 Å². The molecular weight excluding hydrogens is 426 g/mol. The molecule has 0 saturated heterocycles. The van der Waals surface area contributed by atoms with Gasteiger partial charge in [-0.25, -0.2) is 0 Å². The first-order valence-electron chi connectivity index (χ1n) is 10.4. The van der Waals surface area contributed by atoms with Crippen LogP contribution in [0.15, 0.2) is 79.1 Å². The largest absolute Gasteiger partial charge is 0.512 e. The van der Waals surface area contributed by atoms with Crippen LogP contribution >= 0.6 is 11.6 Å². The van der Waals surface area contributed by atoms with E-state index in [4.69, 9.17) is 21.1 Å². The Balaban J connectivity index is 1.34. The average molecular weight is 450 g/mol. The molecule has 1 aliphatic rings. The molecule has 3 aromatic carbocycles. The van der Waals surface area contributed by atoms with E-state index in [0.29, 0.717) is 47.4 Å². The molecule has 0 saturated carbocycles. The highest BCUT2D eigenvalue weighted by Crippen LogP contribution is 2.39.